The molecule has 0 radical (unpaired) electrons. The van der Waals surface area contributed by atoms with Gasteiger partial charge >= 0.3 is 29.6 Å². The van der Waals surface area contributed by atoms with E-state index in [-0.39, 0.29) is 56.6 Å². The zero-order valence-corrected chi connectivity index (χ0v) is 21.8. The molecular weight excluding hydrogens is 457 g/mol. The number of hydrogen-bond donors (Lipinski definition) is 1. The number of fused-ring (bicyclic) bond motifs is 1. The first-order chi connectivity index (χ1) is 15.5. The molecule has 2 aliphatic rings. The van der Waals surface area contributed by atoms with E-state index >= 15 is 0 Å². The third-order valence-corrected chi connectivity index (χ3v) is 6.77. The van der Waals surface area contributed by atoms with Gasteiger partial charge in [0.2, 0.25) is 5.79 Å². The fourth-order valence-corrected chi connectivity index (χ4v) is 4.76. The van der Waals surface area contributed by atoms with Crippen molar-refractivity contribution in [3.63, 3.8) is 0 Å². The summed E-state index contributed by atoms with van der Waals surface area (Å²) >= 11 is 0. The fraction of sp³-hybridized carbons (Fsp3) is 0.455. The maximum Gasteiger partial charge on any atom is 1.00 e. The topological polar surface area (TPSA) is 105 Å². The molecule has 2 aromatic heterocycles. The Labute approximate surface area is 217 Å². The van der Waals surface area contributed by atoms with Crippen LogP contribution in [0.4, 0.5) is 0 Å². The van der Waals surface area contributed by atoms with E-state index in [4.69, 9.17) is 23.7 Å². The Kier molecular flexibility index (Phi) is 7.56. The summed E-state index contributed by atoms with van der Waals surface area (Å²) in [4.78, 5) is 12.0. The Morgan fingerprint density at radius 3 is 2.61 bits per heavy atom. The van der Waals surface area contributed by atoms with Gasteiger partial charge in [0, 0.05) is 11.8 Å². The first-order valence-electron chi connectivity index (χ1n) is 10.4. The van der Waals surface area contributed by atoms with Crippen molar-refractivity contribution in [2.24, 2.45) is 0 Å². The van der Waals surface area contributed by atoms with Crippen molar-refractivity contribution in [1.82, 2.24) is 15.0 Å². The molecule has 1 spiro atoms. The van der Waals surface area contributed by atoms with E-state index in [0.29, 0.717) is 29.8 Å². The van der Waals surface area contributed by atoms with Crippen LogP contribution in [0.1, 0.15) is 19.6 Å². The minimum atomic E-state index is -1.37. The molecule has 0 amide bonds. The van der Waals surface area contributed by atoms with Crippen LogP contribution >= 0.6 is 0 Å². The van der Waals surface area contributed by atoms with E-state index in [9.17, 15) is 4.21 Å². The zero-order valence-electron chi connectivity index (χ0n) is 20.0. The van der Waals surface area contributed by atoms with Crippen LogP contribution in [0.5, 0.6) is 5.75 Å². The van der Waals surface area contributed by atoms with E-state index in [1.54, 1.807) is 12.3 Å². The minimum Gasteiger partial charge on any atom is -1.00 e. The molecule has 1 atom stereocenters. The summed E-state index contributed by atoms with van der Waals surface area (Å²) < 4.78 is 41.9. The molecule has 33 heavy (non-hydrogen) atoms. The normalized spacial score (nSPS) is 19.9. The van der Waals surface area contributed by atoms with Crippen molar-refractivity contribution in [1.29, 1.82) is 0 Å². The third kappa shape index (κ3) is 5.33. The Bertz CT molecular complexity index is 1110. The van der Waals surface area contributed by atoms with E-state index in [1.807, 2.05) is 38.1 Å². The molecule has 11 heteroatoms. The second-order valence-electron chi connectivity index (χ2n) is 8.04. The van der Waals surface area contributed by atoms with Crippen molar-refractivity contribution in [2.75, 3.05) is 33.0 Å². The molecule has 2 aliphatic heterocycles. The molecule has 4 heterocycles. The van der Waals surface area contributed by atoms with Gasteiger partial charge in [-0.3, -0.25) is 9.19 Å². The van der Waals surface area contributed by atoms with E-state index in [0.717, 1.165) is 16.6 Å². The quantitative estimate of drug-likeness (QED) is 0.472. The molecule has 0 bridgehead atoms. The van der Waals surface area contributed by atoms with Crippen LogP contribution in [0, 0.1) is 6.92 Å². The first kappa shape index (κ1) is 24.7. The SMILES string of the molecule is Cc1c(OCC2(C)OCC3(CO2)OCCO3)ccnc1CS(=O)c1nc2ccccc2[nH]1.[H-].[Na+]. The smallest absolute Gasteiger partial charge is 1.00 e. The van der Waals surface area contributed by atoms with Crippen LogP contribution in [0.15, 0.2) is 41.7 Å². The molecular formula is C22H26N3NaO6S. The van der Waals surface area contributed by atoms with Gasteiger partial charge in [-0.1, -0.05) is 12.1 Å². The van der Waals surface area contributed by atoms with Gasteiger partial charge in [-0.25, -0.2) is 4.98 Å². The summed E-state index contributed by atoms with van der Waals surface area (Å²) in [5, 5.41) is 0.431. The maximum absolute atomic E-state index is 12.9. The van der Waals surface area contributed by atoms with Crippen LogP contribution in [0.3, 0.4) is 0 Å². The summed E-state index contributed by atoms with van der Waals surface area (Å²) in [7, 11) is -1.37. The number of benzene rings is 1. The molecule has 1 unspecified atom stereocenters. The molecule has 2 fully saturated rings. The Hall–Kier alpha value is -1.37. The van der Waals surface area contributed by atoms with Gasteiger partial charge in [0.15, 0.2) is 10.9 Å². The summed E-state index contributed by atoms with van der Waals surface area (Å²) in [5.74, 6) is -0.864. The molecule has 2 saturated heterocycles. The number of aromatic nitrogens is 3. The van der Waals surface area contributed by atoms with Gasteiger partial charge in [0.05, 0.1) is 46.5 Å². The number of rotatable bonds is 6. The molecule has 5 rings (SSSR count). The van der Waals surface area contributed by atoms with Crippen LogP contribution in [-0.2, 0) is 35.5 Å². The number of aromatic amines is 1. The third-order valence-electron chi connectivity index (χ3n) is 5.61. The number of hydrogen-bond acceptors (Lipinski definition) is 8. The van der Waals surface area contributed by atoms with Crippen LogP contribution in [0.2, 0.25) is 0 Å². The number of pyridine rings is 1. The molecule has 0 saturated carbocycles. The van der Waals surface area contributed by atoms with Crippen molar-refractivity contribution in [3.05, 3.63) is 47.8 Å². The van der Waals surface area contributed by atoms with Gasteiger partial charge in [-0.15, -0.1) is 0 Å². The van der Waals surface area contributed by atoms with Gasteiger partial charge in [-0.05, 0) is 32.0 Å². The average molecular weight is 484 g/mol. The minimum absolute atomic E-state index is 0. The van der Waals surface area contributed by atoms with Crippen LogP contribution in [-0.4, -0.2) is 63.8 Å². The summed E-state index contributed by atoms with van der Waals surface area (Å²) in [6.45, 7) is 5.53. The van der Waals surface area contributed by atoms with Crippen LogP contribution in [0.25, 0.3) is 11.0 Å². The van der Waals surface area contributed by atoms with Crippen molar-refractivity contribution < 1.29 is 58.9 Å². The number of para-hydroxylation sites is 2. The van der Waals surface area contributed by atoms with Crippen molar-refractivity contribution in [3.8, 4) is 5.75 Å². The van der Waals surface area contributed by atoms with Crippen molar-refractivity contribution >= 4 is 21.8 Å². The Morgan fingerprint density at radius 2 is 1.88 bits per heavy atom. The second-order valence-corrected chi connectivity index (χ2v) is 9.40. The van der Waals surface area contributed by atoms with Gasteiger partial charge in [0.1, 0.15) is 25.6 Å². The Balaban J connectivity index is 0.00000162. The summed E-state index contributed by atoms with van der Waals surface area (Å²) in [5.41, 5.74) is 3.14. The largest absolute Gasteiger partial charge is 1.00 e. The zero-order chi connectivity index (χ0) is 22.2. The summed E-state index contributed by atoms with van der Waals surface area (Å²) in [6, 6.07) is 9.38. The van der Waals surface area contributed by atoms with Gasteiger partial charge in [-0.2, -0.15) is 0 Å². The molecule has 3 aromatic rings. The van der Waals surface area contributed by atoms with E-state index < -0.39 is 22.4 Å². The molecule has 0 aliphatic carbocycles. The standard InChI is InChI=1S/C22H25N3O6S.Na.H/c1-15-18(11-32(26)20-24-16-5-3-4-6-17(16)25-20)23-8-7-19(15)27-12-21(2)30-13-22(14-31-21)28-9-10-29-22;;/h3-8H,9-14H2,1-2H3,(H,24,25);;/q;+1;-1. The second kappa shape index (κ2) is 10.1. The molecule has 1 N–H and O–H groups in total. The van der Waals surface area contributed by atoms with Crippen molar-refractivity contribution in [2.45, 2.75) is 36.3 Å². The number of nitrogens with one attached hydrogen (secondary N) is 1. The predicted octanol–water partition coefficient (Wildman–Crippen LogP) is -0.424. The first-order valence-corrected chi connectivity index (χ1v) is 11.7. The number of ether oxygens (including phenoxy) is 5. The monoisotopic (exact) mass is 483 g/mol. The fourth-order valence-electron chi connectivity index (χ4n) is 3.66. The summed E-state index contributed by atoms with van der Waals surface area (Å²) in [6.07, 6.45) is 1.65. The Morgan fingerprint density at radius 1 is 1.15 bits per heavy atom. The molecule has 1 aromatic carbocycles. The van der Waals surface area contributed by atoms with Gasteiger partial charge < -0.3 is 30.1 Å². The molecule has 9 nitrogen and oxygen atoms in total. The predicted molar refractivity (Wildman–Crippen MR) is 117 cm³/mol. The van der Waals surface area contributed by atoms with Gasteiger partial charge in [0.25, 0.3) is 0 Å². The number of H-pyrrole nitrogens is 1. The van der Waals surface area contributed by atoms with E-state index in [2.05, 4.69) is 15.0 Å². The number of nitrogens with zero attached hydrogens (tertiary/aromatic N) is 2. The molecule has 172 valence electrons. The maximum atomic E-state index is 12.9. The average Bonchev–Trinajstić information content (AvgIpc) is 3.44. The van der Waals surface area contributed by atoms with Crippen LogP contribution < -0.4 is 34.3 Å². The van der Waals surface area contributed by atoms with E-state index in [1.165, 1.54) is 0 Å². The number of imidazole rings is 1.